The molecule has 0 atom stereocenters. The van der Waals surface area contributed by atoms with Crippen LogP contribution in [-0.4, -0.2) is 32.7 Å². The maximum atomic E-state index is 13.2. The Bertz CT molecular complexity index is 789. The molecule has 7 nitrogen and oxygen atoms in total. The van der Waals surface area contributed by atoms with E-state index in [1.807, 2.05) is 0 Å². The predicted octanol–water partition coefficient (Wildman–Crippen LogP) is 0.388. The third kappa shape index (κ3) is 3.92. The molecule has 0 saturated heterocycles. The van der Waals surface area contributed by atoms with Crippen LogP contribution in [0.5, 0.6) is 5.75 Å². The Morgan fingerprint density at radius 2 is 2.17 bits per heavy atom. The molecule has 0 aliphatic carbocycles. The van der Waals surface area contributed by atoms with E-state index in [1.165, 1.54) is 12.1 Å². The number of nitrogens with zero attached hydrogens (tertiary/aromatic N) is 1. The first-order valence-electron chi connectivity index (χ1n) is 6.88. The molecule has 1 heterocycles. The standard InChI is InChI=1S/C15H16FN3O4/c1-8-6-9(2-3-10(8)16)7-17-14(22)12-13(21)15(23)19-11(18-12)4-5-20/h2-3,6,20-21H,4-5,7H2,1H3,(H,17,22)(H,18,19,23). The first-order valence-corrected chi connectivity index (χ1v) is 6.88. The lowest BCUT2D eigenvalue weighted by molar-refractivity contribution is 0.0942. The molecular formula is C15H16FN3O4. The lowest BCUT2D eigenvalue weighted by atomic mass is 10.1. The van der Waals surface area contributed by atoms with Crippen molar-refractivity contribution in [1.29, 1.82) is 0 Å². The van der Waals surface area contributed by atoms with Crippen molar-refractivity contribution in [2.75, 3.05) is 6.61 Å². The van der Waals surface area contributed by atoms with Gasteiger partial charge >= 0.3 is 0 Å². The maximum absolute atomic E-state index is 13.2. The van der Waals surface area contributed by atoms with Crippen molar-refractivity contribution in [3.63, 3.8) is 0 Å². The van der Waals surface area contributed by atoms with Crippen molar-refractivity contribution in [3.8, 4) is 5.75 Å². The Balaban J connectivity index is 2.17. The number of carbonyl (C=O) groups excluding carboxylic acids is 1. The largest absolute Gasteiger partial charge is 0.501 e. The molecule has 0 saturated carbocycles. The van der Waals surface area contributed by atoms with Gasteiger partial charge in [-0.15, -0.1) is 0 Å². The SMILES string of the molecule is Cc1cc(CNC(=O)c2nc(CCO)[nH]c(=O)c2O)ccc1F. The fourth-order valence-corrected chi connectivity index (χ4v) is 1.98. The van der Waals surface area contributed by atoms with Gasteiger partial charge in [-0.1, -0.05) is 12.1 Å². The summed E-state index contributed by atoms with van der Waals surface area (Å²) in [5.74, 6) is -1.78. The smallest absolute Gasteiger partial charge is 0.293 e. The van der Waals surface area contributed by atoms with Gasteiger partial charge in [0.1, 0.15) is 11.6 Å². The third-order valence-electron chi connectivity index (χ3n) is 3.18. The summed E-state index contributed by atoms with van der Waals surface area (Å²) in [6.45, 7) is 1.43. The van der Waals surface area contributed by atoms with E-state index in [4.69, 9.17) is 5.11 Å². The normalized spacial score (nSPS) is 10.6. The van der Waals surface area contributed by atoms with Crippen molar-refractivity contribution in [1.82, 2.24) is 15.3 Å². The number of aliphatic hydroxyl groups is 1. The average Bonchev–Trinajstić information content (AvgIpc) is 2.51. The van der Waals surface area contributed by atoms with Crippen LogP contribution in [0.3, 0.4) is 0 Å². The lowest BCUT2D eigenvalue weighted by Gasteiger charge is -2.08. The Kier molecular flexibility index (Phi) is 5.07. The summed E-state index contributed by atoms with van der Waals surface area (Å²) < 4.78 is 13.2. The van der Waals surface area contributed by atoms with Gasteiger partial charge in [0.05, 0.1) is 6.61 Å². The fourth-order valence-electron chi connectivity index (χ4n) is 1.98. The molecule has 2 rings (SSSR count). The van der Waals surface area contributed by atoms with Gasteiger partial charge in [-0.25, -0.2) is 9.37 Å². The van der Waals surface area contributed by atoms with Gasteiger partial charge in [-0.05, 0) is 24.1 Å². The lowest BCUT2D eigenvalue weighted by Crippen LogP contribution is -2.27. The highest BCUT2D eigenvalue weighted by molar-refractivity contribution is 5.94. The number of nitrogens with one attached hydrogen (secondary N) is 2. The van der Waals surface area contributed by atoms with Crippen LogP contribution in [0.2, 0.25) is 0 Å². The first kappa shape index (κ1) is 16.6. The number of H-pyrrole nitrogens is 1. The number of hydrogen-bond donors (Lipinski definition) is 4. The van der Waals surface area contributed by atoms with Crippen LogP contribution in [0.15, 0.2) is 23.0 Å². The Morgan fingerprint density at radius 1 is 1.43 bits per heavy atom. The third-order valence-corrected chi connectivity index (χ3v) is 3.18. The number of aromatic nitrogens is 2. The van der Waals surface area contributed by atoms with Crippen LogP contribution < -0.4 is 10.9 Å². The van der Waals surface area contributed by atoms with E-state index in [2.05, 4.69) is 15.3 Å². The van der Waals surface area contributed by atoms with Crippen LogP contribution in [0, 0.1) is 12.7 Å². The van der Waals surface area contributed by atoms with Gasteiger partial charge in [0.25, 0.3) is 11.5 Å². The average molecular weight is 321 g/mol. The summed E-state index contributed by atoms with van der Waals surface area (Å²) in [4.78, 5) is 29.7. The Hall–Kier alpha value is -2.74. The quantitative estimate of drug-likeness (QED) is 0.636. The van der Waals surface area contributed by atoms with Crippen LogP contribution in [0.4, 0.5) is 4.39 Å². The van der Waals surface area contributed by atoms with E-state index in [1.54, 1.807) is 13.0 Å². The van der Waals surface area contributed by atoms with E-state index in [0.717, 1.165) is 0 Å². The number of aromatic hydroxyl groups is 1. The molecule has 1 amide bonds. The summed E-state index contributed by atoms with van der Waals surface area (Å²) in [5.41, 5.74) is -0.168. The molecule has 8 heteroatoms. The molecular weight excluding hydrogens is 305 g/mol. The van der Waals surface area contributed by atoms with E-state index < -0.39 is 22.9 Å². The molecule has 0 bridgehead atoms. The van der Waals surface area contributed by atoms with Gasteiger partial charge in [0.2, 0.25) is 5.75 Å². The summed E-state index contributed by atoms with van der Waals surface area (Å²) in [6, 6.07) is 4.39. The molecule has 0 unspecified atom stereocenters. The number of carbonyl (C=O) groups is 1. The Morgan fingerprint density at radius 3 is 2.83 bits per heavy atom. The second kappa shape index (κ2) is 7.01. The number of aliphatic hydroxyl groups excluding tert-OH is 1. The van der Waals surface area contributed by atoms with Crippen LogP contribution in [0.25, 0.3) is 0 Å². The van der Waals surface area contributed by atoms with Crippen molar-refractivity contribution in [2.45, 2.75) is 19.9 Å². The molecule has 0 radical (unpaired) electrons. The predicted molar refractivity (Wildman–Crippen MR) is 79.6 cm³/mol. The van der Waals surface area contributed by atoms with Gasteiger partial charge in [0.15, 0.2) is 5.69 Å². The summed E-state index contributed by atoms with van der Waals surface area (Å²) in [7, 11) is 0. The second-order valence-electron chi connectivity index (χ2n) is 4.95. The maximum Gasteiger partial charge on any atom is 0.293 e. The number of aromatic amines is 1. The molecule has 0 aliphatic rings. The number of rotatable bonds is 5. The van der Waals surface area contributed by atoms with Crippen molar-refractivity contribution >= 4 is 5.91 Å². The number of benzene rings is 1. The zero-order valence-corrected chi connectivity index (χ0v) is 12.4. The highest BCUT2D eigenvalue weighted by Gasteiger charge is 2.17. The molecule has 0 aliphatic heterocycles. The van der Waals surface area contributed by atoms with E-state index in [9.17, 15) is 19.1 Å². The molecule has 23 heavy (non-hydrogen) atoms. The van der Waals surface area contributed by atoms with E-state index >= 15 is 0 Å². The fraction of sp³-hybridized carbons (Fsp3) is 0.267. The highest BCUT2D eigenvalue weighted by atomic mass is 19.1. The Labute approximate surface area is 130 Å². The molecule has 2 aromatic rings. The zero-order valence-electron chi connectivity index (χ0n) is 12.4. The van der Waals surface area contributed by atoms with Crippen LogP contribution in [0.1, 0.15) is 27.4 Å². The number of aryl methyl sites for hydroxylation is 1. The van der Waals surface area contributed by atoms with Crippen LogP contribution >= 0.6 is 0 Å². The topological polar surface area (TPSA) is 115 Å². The molecule has 122 valence electrons. The summed E-state index contributed by atoms with van der Waals surface area (Å²) in [6.07, 6.45) is 0.0486. The van der Waals surface area contributed by atoms with Gasteiger partial charge < -0.3 is 20.5 Å². The number of halogens is 1. The summed E-state index contributed by atoms with van der Waals surface area (Å²) >= 11 is 0. The van der Waals surface area contributed by atoms with E-state index in [0.29, 0.717) is 11.1 Å². The van der Waals surface area contributed by atoms with Gasteiger partial charge in [-0.3, -0.25) is 9.59 Å². The minimum atomic E-state index is -0.855. The zero-order chi connectivity index (χ0) is 17.0. The molecule has 0 spiro atoms. The minimum Gasteiger partial charge on any atom is -0.501 e. The number of amides is 1. The van der Waals surface area contributed by atoms with Crippen LogP contribution in [-0.2, 0) is 13.0 Å². The molecule has 1 aromatic carbocycles. The number of hydrogen-bond acceptors (Lipinski definition) is 5. The molecule has 0 fully saturated rings. The second-order valence-corrected chi connectivity index (χ2v) is 4.95. The van der Waals surface area contributed by atoms with Crippen molar-refractivity contribution in [2.24, 2.45) is 0 Å². The highest BCUT2D eigenvalue weighted by Crippen LogP contribution is 2.11. The monoisotopic (exact) mass is 321 g/mol. The van der Waals surface area contributed by atoms with Crippen molar-refractivity contribution < 1.29 is 19.4 Å². The first-order chi connectivity index (χ1) is 10.9. The summed E-state index contributed by atoms with van der Waals surface area (Å²) in [5, 5.41) is 21.0. The van der Waals surface area contributed by atoms with E-state index in [-0.39, 0.29) is 31.2 Å². The molecule has 4 N–H and O–H groups in total. The molecule has 1 aromatic heterocycles. The van der Waals surface area contributed by atoms with Gasteiger partial charge in [-0.2, -0.15) is 0 Å². The minimum absolute atomic E-state index is 0.0486. The van der Waals surface area contributed by atoms with Gasteiger partial charge in [0, 0.05) is 13.0 Å². The van der Waals surface area contributed by atoms with Crippen molar-refractivity contribution in [3.05, 3.63) is 57.0 Å².